The number of allylic oxidation sites excluding steroid dienone is 1. The van der Waals surface area contributed by atoms with Gasteiger partial charge in [0.25, 0.3) is 0 Å². The van der Waals surface area contributed by atoms with E-state index >= 15 is 0 Å². The predicted octanol–water partition coefficient (Wildman–Crippen LogP) is 2.71. The Bertz CT molecular complexity index is 241. The van der Waals surface area contributed by atoms with Crippen LogP contribution in [0.15, 0.2) is 12.2 Å². The Balaban J connectivity index is 2.32. The number of carbonyl (C=O) groups excluding carboxylic acids is 1. The third-order valence-electron chi connectivity index (χ3n) is 3.62. The fourth-order valence-electron chi connectivity index (χ4n) is 2.94. The Morgan fingerprint density at radius 1 is 1.42 bits per heavy atom. The molecule has 0 heterocycles. The fourth-order valence-corrected chi connectivity index (χ4v) is 2.94. The van der Waals surface area contributed by atoms with Crippen molar-refractivity contribution in [3.63, 3.8) is 0 Å². The van der Waals surface area contributed by atoms with Crippen LogP contribution >= 0.6 is 0 Å². The summed E-state index contributed by atoms with van der Waals surface area (Å²) in [6.07, 6.45) is 5.42. The highest BCUT2D eigenvalue weighted by Crippen LogP contribution is 2.51. The van der Waals surface area contributed by atoms with Gasteiger partial charge in [-0.1, -0.05) is 19.1 Å². The highest BCUT2D eigenvalue weighted by atomic mass is 16.1. The molecule has 0 aromatic heterocycles. The summed E-state index contributed by atoms with van der Waals surface area (Å²) in [5, 5.41) is 0. The standard InChI is InChI=1S/C11H16O/c1-8-4-3-6-11(2)7-5-9(12)10(8)11/h10H,1,3-7H2,2H3/t10-,11+/m1/s1. The molecule has 2 atom stereocenters. The number of hydrogen-bond donors (Lipinski definition) is 0. The van der Waals surface area contributed by atoms with Gasteiger partial charge in [-0.15, -0.1) is 0 Å². The highest BCUT2D eigenvalue weighted by molar-refractivity contribution is 5.87. The van der Waals surface area contributed by atoms with E-state index in [1.54, 1.807) is 0 Å². The van der Waals surface area contributed by atoms with E-state index < -0.39 is 0 Å². The molecule has 0 bridgehead atoms. The van der Waals surface area contributed by atoms with E-state index in [1.807, 2.05) is 0 Å². The third kappa shape index (κ3) is 0.954. The molecular formula is C11H16O. The van der Waals surface area contributed by atoms with Crippen molar-refractivity contribution in [2.75, 3.05) is 0 Å². The van der Waals surface area contributed by atoms with E-state index in [9.17, 15) is 4.79 Å². The molecule has 0 aliphatic heterocycles. The molecule has 0 unspecified atom stereocenters. The second kappa shape index (κ2) is 2.45. The molecule has 66 valence electrons. The predicted molar refractivity (Wildman–Crippen MR) is 48.8 cm³/mol. The van der Waals surface area contributed by atoms with Crippen molar-refractivity contribution in [1.29, 1.82) is 0 Å². The van der Waals surface area contributed by atoms with Gasteiger partial charge in [-0.25, -0.2) is 0 Å². The number of Topliss-reactive ketones (excluding diaryl/α,β-unsaturated/α-hetero) is 1. The summed E-state index contributed by atoms with van der Waals surface area (Å²) in [6, 6.07) is 0. The van der Waals surface area contributed by atoms with Crippen molar-refractivity contribution in [1.82, 2.24) is 0 Å². The first kappa shape index (κ1) is 8.03. The lowest BCUT2D eigenvalue weighted by Crippen LogP contribution is -2.30. The van der Waals surface area contributed by atoms with Crippen LogP contribution in [0.1, 0.15) is 39.0 Å². The van der Waals surface area contributed by atoms with Gasteiger partial charge in [-0.05, 0) is 31.1 Å². The van der Waals surface area contributed by atoms with Crippen molar-refractivity contribution in [2.45, 2.75) is 39.0 Å². The van der Waals surface area contributed by atoms with Crippen LogP contribution in [-0.4, -0.2) is 5.78 Å². The first-order chi connectivity index (χ1) is 5.63. The third-order valence-corrected chi connectivity index (χ3v) is 3.62. The molecule has 2 saturated carbocycles. The molecule has 0 aromatic rings. The van der Waals surface area contributed by atoms with E-state index in [-0.39, 0.29) is 11.3 Å². The zero-order chi connectivity index (χ0) is 8.77. The van der Waals surface area contributed by atoms with Crippen LogP contribution in [0.5, 0.6) is 0 Å². The van der Waals surface area contributed by atoms with Gasteiger partial charge in [0.05, 0.1) is 0 Å². The molecule has 0 radical (unpaired) electrons. The second-order valence-corrected chi connectivity index (χ2v) is 4.57. The molecule has 0 saturated heterocycles. The fraction of sp³-hybridized carbons (Fsp3) is 0.727. The van der Waals surface area contributed by atoms with Crippen molar-refractivity contribution < 1.29 is 4.79 Å². The molecule has 2 fully saturated rings. The van der Waals surface area contributed by atoms with Gasteiger partial charge < -0.3 is 0 Å². The number of hydrogen-bond acceptors (Lipinski definition) is 1. The number of rotatable bonds is 0. The number of carbonyl (C=O) groups is 1. The molecule has 2 aliphatic rings. The minimum Gasteiger partial charge on any atom is -0.299 e. The van der Waals surface area contributed by atoms with Gasteiger partial charge in [0, 0.05) is 12.3 Å². The Kier molecular flexibility index (Phi) is 1.64. The largest absolute Gasteiger partial charge is 0.299 e. The van der Waals surface area contributed by atoms with Crippen molar-refractivity contribution in [3.8, 4) is 0 Å². The Morgan fingerprint density at radius 3 is 2.83 bits per heavy atom. The smallest absolute Gasteiger partial charge is 0.140 e. The molecule has 1 heteroatoms. The van der Waals surface area contributed by atoms with E-state index in [1.165, 1.54) is 18.4 Å². The summed E-state index contributed by atoms with van der Waals surface area (Å²) in [5.74, 6) is 0.661. The zero-order valence-electron chi connectivity index (χ0n) is 7.73. The topological polar surface area (TPSA) is 17.1 Å². The van der Waals surface area contributed by atoms with Crippen molar-refractivity contribution >= 4 is 5.78 Å². The average Bonchev–Trinajstić information content (AvgIpc) is 2.29. The minimum absolute atomic E-state index is 0.214. The van der Waals surface area contributed by atoms with Crippen LogP contribution in [0.4, 0.5) is 0 Å². The second-order valence-electron chi connectivity index (χ2n) is 4.57. The first-order valence-corrected chi connectivity index (χ1v) is 4.84. The van der Waals surface area contributed by atoms with Gasteiger partial charge in [0.1, 0.15) is 5.78 Å². The van der Waals surface area contributed by atoms with Crippen molar-refractivity contribution in [3.05, 3.63) is 12.2 Å². The lowest BCUT2D eigenvalue weighted by molar-refractivity contribution is -0.121. The molecular weight excluding hydrogens is 148 g/mol. The molecule has 12 heavy (non-hydrogen) atoms. The number of ketones is 1. The van der Waals surface area contributed by atoms with Crippen LogP contribution in [0, 0.1) is 11.3 Å². The molecule has 2 aliphatic carbocycles. The summed E-state index contributed by atoms with van der Waals surface area (Å²) < 4.78 is 0. The summed E-state index contributed by atoms with van der Waals surface area (Å²) in [7, 11) is 0. The van der Waals surface area contributed by atoms with Crippen LogP contribution < -0.4 is 0 Å². The molecule has 0 spiro atoms. The maximum Gasteiger partial charge on any atom is 0.140 e. The summed E-state index contributed by atoms with van der Waals surface area (Å²) in [6.45, 7) is 6.29. The normalized spacial score (nSPS) is 41.6. The van der Waals surface area contributed by atoms with E-state index in [2.05, 4.69) is 13.5 Å². The van der Waals surface area contributed by atoms with Gasteiger partial charge >= 0.3 is 0 Å². The average molecular weight is 164 g/mol. The van der Waals surface area contributed by atoms with E-state index in [4.69, 9.17) is 0 Å². The van der Waals surface area contributed by atoms with Gasteiger partial charge in [-0.2, -0.15) is 0 Å². The lowest BCUT2D eigenvalue weighted by Gasteiger charge is -2.36. The Morgan fingerprint density at radius 2 is 2.17 bits per heavy atom. The maximum absolute atomic E-state index is 11.6. The van der Waals surface area contributed by atoms with E-state index in [0.29, 0.717) is 5.78 Å². The van der Waals surface area contributed by atoms with E-state index in [0.717, 1.165) is 19.3 Å². The first-order valence-electron chi connectivity index (χ1n) is 4.84. The molecule has 2 rings (SSSR count). The van der Waals surface area contributed by atoms with Gasteiger partial charge in [0.15, 0.2) is 0 Å². The maximum atomic E-state index is 11.6. The van der Waals surface area contributed by atoms with Crippen LogP contribution in [0.25, 0.3) is 0 Å². The zero-order valence-corrected chi connectivity index (χ0v) is 7.73. The van der Waals surface area contributed by atoms with Crippen LogP contribution in [0.3, 0.4) is 0 Å². The molecule has 1 nitrogen and oxygen atoms in total. The Hall–Kier alpha value is -0.590. The van der Waals surface area contributed by atoms with Crippen LogP contribution in [-0.2, 0) is 4.79 Å². The highest BCUT2D eigenvalue weighted by Gasteiger charge is 2.47. The minimum atomic E-state index is 0.214. The summed E-state index contributed by atoms with van der Waals surface area (Å²) >= 11 is 0. The monoisotopic (exact) mass is 164 g/mol. The molecule has 0 amide bonds. The quantitative estimate of drug-likeness (QED) is 0.503. The van der Waals surface area contributed by atoms with Crippen molar-refractivity contribution in [2.24, 2.45) is 11.3 Å². The lowest BCUT2D eigenvalue weighted by atomic mass is 9.67. The number of fused-ring (bicyclic) bond motifs is 1. The summed E-state index contributed by atoms with van der Waals surface area (Å²) in [5.41, 5.74) is 1.48. The summed E-state index contributed by atoms with van der Waals surface area (Å²) in [4.78, 5) is 11.6. The molecule has 0 aromatic carbocycles. The molecule has 0 N–H and O–H groups in total. The van der Waals surface area contributed by atoms with Gasteiger partial charge in [0.2, 0.25) is 0 Å². The van der Waals surface area contributed by atoms with Crippen LogP contribution in [0.2, 0.25) is 0 Å². The van der Waals surface area contributed by atoms with Gasteiger partial charge in [-0.3, -0.25) is 4.79 Å². The Labute approximate surface area is 73.8 Å². The SMILES string of the molecule is C=C1CCC[C@@]2(C)CCC(=O)[C@@H]12.